The van der Waals surface area contributed by atoms with E-state index in [1.807, 2.05) is 30.3 Å². The molecule has 7 heteroatoms. The lowest BCUT2D eigenvalue weighted by Crippen LogP contribution is -1.99. The Hall–Kier alpha value is -2.93. The number of oxazole rings is 1. The van der Waals surface area contributed by atoms with Gasteiger partial charge in [-0.3, -0.25) is 0 Å². The van der Waals surface area contributed by atoms with Crippen molar-refractivity contribution >= 4 is 23.6 Å². The van der Waals surface area contributed by atoms with Crippen LogP contribution in [0.4, 0.5) is 5.69 Å². The van der Waals surface area contributed by atoms with Crippen molar-refractivity contribution in [1.29, 1.82) is 0 Å². The maximum absolute atomic E-state index is 11.0. The first-order valence-electron chi connectivity index (χ1n) is 7.02. The van der Waals surface area contributed by atoms with E-state index in [2.05, 4.69) is 9.71 Å². The normalized spacial score (nSPS) is 10.4. The molecule has 0 bridgehead atoms. The minimum absolute atomic E-state index is 0.162. The molecule has 24 heavy (non-hydrogen) atoms. The highest BCUT2D eigenvalue weighted by Gasteiger charge is 2.11. The molecular formula is C17H14N2O4S. The molecule has 0 aliphatic rings. The van der Waals surface area contributed by atoms with Crippen molar-refractivity contribution in [2.75, 3.05) is 11.8 Å². The number of nitrogens with zero attached hydrogens (tertiary/aromatic N) is 1. The molecule has 3 rings (SSSR count). The maximum atomic E-state index is 11.0. The molecule has 0 atom stereocenters. The number of rotatable bonds is 6. The third kappa shape index (κ3) is 3.52. The van der Waals surface area contributed by atoms with Crippen molar-refractivity contribution in [3.05, 3.63) is 60.4 Å². The number of hydrogen-bond donors (Lipinski definition) is 2. The molecule has 0 amide bonds. The first-order valence-corrected chi connectivity index (χ1v) is 7.84. The van der Waals surface area contributed by atoms with E-state index in [4.69, 9.17) is 14.3 Å². The highest BCUT2D eigenvalue weighted by atomic mass is 32.2. The Morgan fingerprint density at radius 2 is 2.04 bits per heavy atom. The highest BCUT2D eigenvalue weighted by Crippen LogP contribution is 2.31. The molecule has 0 fully saturated rings. The Kier molecular flexibility index (Phi) is 4.72. The van der Waals surface area contributed by atoms with E-state index >= 15 is 0 Å². The zero-order chi connectivity index (χ0) is 16.9. The number of carbonyl (C=O) groups is 1. The minimum Gasteiger partial charge on any atom is -0.495 e. The number of carboxylic acid groups (broad SMARTS) is 1. The Balaban J connectivity index is 1.72. The Labute approximate surface area is 142 Å². The predicted molar refractivity (Wildman–Crippen MR) is 91.4 cm³/mol. The van der Waals surface area contributed by atoms with Crippen LogP contribution >= 0.6 is 11.9 Å². The molecule has 1 heterocycles. The van der Waals surface area contributed by atoms with Crippen molar-refractivity contribution in [1.82, 2.24) is 4.98 Å². The average molecular weight is 342 g/mol. The molecule has 2 aromatic carbocycles. The van der Waals surface area contributed by atoms with Gasteiger partial charge in [-0.15, -0.1) is 0 Å². The molecule has 0 saturated carbocycles. The quantitative estimate of drug-likeness (QED) is 0.650. The van der Waals surface area contributed by atoms with Gasteiger partial charge in [0.25, 0.3) is 0 Å². The Morgan fingerprint density at radius 3 is 2.75 bits per heavy atom. The van der Waals surface area contributed by atoms with E-state index in [-0.39, 0.29) is 5.56 Å². The van der Waals surface area contributed by atoms with Gasteiger partial charge in [-0.1, -0.05) is 18.2 Å². The number of hydrogen-bond acceptors (Lipinski definition) is 6. The third-order valence-electron chi connectivity index (χ3n) is 3.22. The number of ether oxygens (including phenoxy) is 1. The summed E-state index contributed by atoms with van der Waals surface area (Å²) < 4.78 is 13.8. The minimum atomic E-state index is -1.00. The second-order valence-corrected chi connectivity index (χ2v) is 5.61. The van der Waals surface area contributed by atoms with Crippen molar-refractivity contribution < 1.29 is 19.1 Å². The molecule has 0 saturated heterocycles. The van der Waals surface area contributed by atoms with Crippen LogP contribution in [0.25, 0.3) is 11.5 Å². The molecule has 0 unspecified atom stereocenters. The third-order valence-corrected chi connectivity index (χ3v) is 3.94. The summed E-state index contributed by atoms with van der Waals surface area (Å²) in [5, 5.41) is 9.66. The van der Waals surface area contributed by atoms with Gasteiger partial charge in [0.1, 0.15) is 12.0 Å². The molecule has 6 nitrogen and oxygen atoms in total. The molecule has 0 aliphatic heterocycles. The second-order valence-electron chi connectivity index (χ2n) is 4.78. The van der Waals surface area contributed by atoms with E-state index in [9.17, 15) is 4.79 Å². The van der Waals surface area contributed by atoms with E-state index < -0.39 is 5.97 Å². The van der Waals surface area contributed by atoms with Gasteiger partial charge >= 0.3 is 5.97 Å². The fraction of sp³-hybridized carbons (Fsp3) is 0.0588. The lowest BCUT2D eigenvalue weighted by molar-refractivity contribution is 0.0696. The summed E-state index contributed by atoms with van der Waals surface area (Å²) >= 11 is 1.25. The van der Waals surface area contributed by atoms with Crippen LogP contribution in [0, 0.1) is 0 Å². The number of anilines is 1. The van der Waals surface area contributed by atoms with Crippen LogP contribution in [-0.2, 0) is 0 Å². The summed E-state index contributed by atoms with van der Waals surface area (Å²) in [7, 11) is 1.49. The molecule has 2 N–H and O–H groups in total. The van der Waals surface area contributed by atoms with Crippen LogP contribution in [0.1, 0.15) is 10.4 Å². The van der Waals surface area contributed by atoms with Crippen molar-refractivity contribution in [3.8, 4) is 17.2 Å². The first-order chi connectivity index (χ1) is 11.7. The van der Waals surface area contributed by atoms with E-state index in [1.165, 1.54) is 31.2 Å². The smallest absolute Gasteiger partial charge is 0.335 e. The zero-order valence-electron chi connectivity index (χ0n) is 12.7. The van der Waals surface area contributed by atoms with Gasteiger partial charge in [0, 0.05) is 17.5 Å². The summed E-state index contributed by atoms with van der Waals surface area (Å²) in [5.41, 5.74) is 1.71. The summed E-state index contributed by atoms with van der Waals surface area (Å²) in [6.45, 7) is 0. The average Bonchev–Trinajstić information content (AvgIpc) is 3.09. The standard InChI is InChI=1S/C17H14N2O4S/c1-22-14-9-12(17(20)21)7-8-13(14)19-24-15-10-23-16(18-15)11-5-3-2-4-6-11/h2-10,19H,1H3,(H,20,21). The van der Waals surface area contributed by atoms with Gasteiger partial charge in [0.2, 0.25) is 5.89 Å². The van der Waals surface area contributed by atoms with E-state index in [1.54, 1.807) is 12.3 Å². The number of nitrogens with one attached hydrogen (secondary N) is 1. The van der Waals surface area contributed by atoms with E-state index in [0.717, 1.165) is 5.56 Å². The number of benzene rings is 2. The van der Waals surface area contributed by atoms with E-state index in [0.29, 0.717) is 22.4 Å². The van der Waals surface area contributed by atoms with Gasteiger partial charge in [-0.2, -0.15) is 0 Å². The molecule has 0 radical (unpaired) electrons. The second kappa shape index (κ2) is 7.10. The molecule has 122 valence electrons. The van der Waals surface area contributed by atoms with Crippen LogP contribution in [0.3, 0.4) is 0 Å². The van der Waals surface area contributed by atoms with Crippen molar-refractivity contribution in [2.24, 2.45) is 0 Å². The summed E-state index contributed by atoms with van der Waals surface area (Å²) in [5.74, 6) is -0.0289. The van der Waals surface area contributed by atoms with Crippen LogP contribution in [-0.4, -0.2) is 23.2 Å². The largest absolute Gasteiger partial charge is 0.495 e. The van der Waals surface area contributed by atoms with Crippen molar-refractivity contribution in [2.45, 2.75) is 5.03 Å². The zero-order valence-corrected chi connectivity index (χ0v) is 13.5. The van der Waals surface area contributed by atoms with Gasteiger partial charge < -0.3 is 19.0 Å². The fourth-order valence-corrected chi connectivity index (χ4v) is 2.64. The maximum Gasteiger partial charge on any atom is 0.335 e. The number of aromatic carboxylic acids is 1. The molecule has 3 aromatic rings. The first kappa shape index (κ1) is 15.9. The SMILES string of the molecule is COc1cc(C(=O)O)ccc1NSc1coc(-c2ccccc2)n1. The molecular weight excluding hydrogens is 328 g/mol. The monoisotopic (exact) mass is 342 g/mol. The molecule has 0 aliphatic carbocycles. The van der Waals surface area contributed by atoms with Crippen molar-refractivity contribution in [3.63, 3.8) is 0 Å². The molecule has 0 spiro atoms. The van der Waals surface area contributed by atoms with Crippen LogP contribution in [0.5, 0.6) is 5.75 Å². The number of aromatic nitrogens is 1. The predicted octanol–water partition coefficient (Wildman–Crippen LogP) is 4.17. The lowest BCUT2D eigenvalue weighted by atomic mass is 10.2. The topological polar surface area (TPSA) is 84.6 Å². The number of carboxylic acids is 1. The Bertz CT molecular complexity index is 849. The molecule has 1 aromatic heterocycles. The van der Waals surface area contributed by atoms with Gasteiger partial charge in [-0.25, -0.2) is 9.78 Å². The van der Waals surface area contributed by atoms with Gasteiger partial charge in [0.05, 0.1) is 18.4 Å². The summed E-state index contributed by atoms with van der Waals surface area (Å²) in [6, 6.07) is 14.2. The summed E-state index contributed by atoms with van der Waals surface area (Å²) in [6.07, 6.45) is 1.55. The van der Waals surface area contributed by atoms with Crippen LogP contribution in [0.15, 0.2) is 64.2 Å². The van der Waals surface area contributed by atoms with Gasteiger partial charge in [0.15, 0.2) is 5.03 Å². The fourth-order valence-electron chi connectivity index (χ4n) is 2.04. The van der Waals surface area contributed by atoms with Crippen LogP contribution < -0.4 is 9.46 Å². The lowest BCUT2D eigenvalue weighted by Gasteiger charge is -2.09. The number of methoxy groups -OCH3 is 1. The summed E-state index contributed by atoms with van der Waals surface area (Å²) in [4.78, 5) is 15.4. The highest BCUT2D eigenvalue weighted by molar-refractivity contribution is 8.00. The van der Waals surface area contributed by atoms with Crippen LogP contribution in [0.2, 0.25) is 0 Å². The Morgan fingerprint density at radius 1 is 1.25 bits per heavy atom. The van der Waals surface area contributed by atoms with Gasteiger partial charge in [-0.05, 0) is 30.3 Å².